The molecule has 0 aliphatic heterocycles. The van der Waals surface area contributed by atoms with E-state index in [1.807, 2.05) is 0 Å². The maximum absolute atomic E-state index is 11.9. The summed E-state index contributed by atoms with van der Waals surface area (Å²) in [4.78, 5) is 22.0. The molecule has 0 atom stereocenters. The summed E-state index contributed by atoms with van der Waals surface area (Å²) in [5.74, 6) is 2.43. The van der Waals surface area contributed by atoms with Gasteiger partial charge in [-0.3, -0.25) is 14.9 Å². The normalized spacial score (nSPS) is 10.1. The van der Waals surface area contributed by atoms with Crippen molar-refractivity contribution < 1.29 is 14.5 Å². The zero-order chi connectivity index (χ0) is 17.4. The van der Waals surface area contributed by atoms with Gasteiger partial charge in [0.2, 0.25) is 0 Å². The number of ether oxygens (including phenoxy) is 1. The van der Waals surface area contributed by atoms with Crippen LogP contribution in [0.4, 0.5) is 5.69 Å². The van der Waals surface area contributed by atoms with Gasteiger partial charge >= 0.3 is 0 Å². The first kappa shape index (κ1) is 16.7. The minimum atomic E-state index is -0.535. The number of non-ortho nitro benzene ring substituents is 1. The number of hydrazone groups is 1. The topological polar surface area (TPSA) is 93.8 Å². The van der Waals surface area contributed by atoms with Gasteiger partial charge in [-0.2, -0.15) is 5.10 Å². The Morgan fingerprint density at radius 2 is 2.00 bits per heavy atom. The molecule has 0 spiro atoms. The van der Waals surface area contributed by atoms with Crippen molar-refractivity contribution in [2.75, 3.05) is 6.61 Å². The molecule has 7 nitrogen and oxygen atoms in total. The number of carbonyl (C=O) groups excluding carboxylic acids is 1. The largest absolute Gasteiger partial charge is 0.480 e. The van der Waals surface area contributed by atoms with Crippen LogP contribution in [0.2, 0.25) is 0 Å². The molecule has 0 fully saturated rings. The summed E-state index contributed by atoms with van der Waals surface area (Å²) in [6, 6.07) is 12.3. The number of terminal acetylenes is 1. The lowest BCUT2D eigenvalue weighted by Crippen LogP contribution is -2.17. The quantitative estimate of drug-likeness (QED) is 0.382. The SMILES string of the molecule is C#CCOc1ccccc1/C=N\NC(=O)c1ccc([N+](=O)[O-])cc1. The van der Waals surface area contributed by atoms with Crippen molar-refractivity contribution >= 4 is 17.8 Å². The van der Waals surface area contributed by atoms with E-state index in [0.29, 0.717) is 11.3 Å². The third kappa shape index (κ3) is 4.42. The van der Waals surface area contributed by atoms with Crippen molar-refractivity contribution in [2.24, 2.45) is 5.10 Å². The van der Waals surface area contributed by atoms with E-state index in [1.54, 1.807) is 24.3 Å². The third-order valence-electron chi connectivity index (χ3n) is 2.94. The summed E-state index contributed by atoms with van der Waals surface area (Å²) in [6.07, 6.45) is 6.58. The van der Waals surface area contributed by atoms with Crippen molar-refractivity contribution in [3.63, 3.8) is 0 Å². The monoisotopic (exact) mass is 323 g/mol. The average Bonchev–Trinajstić information content (AvgIpc) is 2.60. The number of para-hydroxylation sites is 1. The highest BCUT2D eigenvalue weighted by Gasteiger charge is 2.08. The Hall–Kier alpha value is -3.66. The zero-order valence-electron chi connectivity index (χ0n) is 12.5. The molecule has 2 rings (SSSR count). The van der Waals surface area contributed by atoms with Crippen LogP contribution in [0.15, 0.2) is 53.6 Å². The average molecular weight is 323 g/mol. The lowest BCUT2D eigenvalue weighted by Gasteiger charge is -2.05. The molecule has 0 bridgehead atoms. The number of nitro benzene ring substituents is 1. The molecule has 0 aliphatic carbocycles. The van der Waals surface area contributed by atoms with Crippen molar-refractivity contribution in [1.29, 1.82) is 0 Å². The molecule has 1 amide bonds. The van der Waals surface area contributed by atoms with Gasteiger partial charge in [-0.1, -0.05) is 18.1 Å². The number of carbonyl (C=O) groups is 1. The number of rotatable bonds is 6. The van der Waals surface area contributed by atoms with Gasteiger partial charge in [0.15, 0.2) is 0 Å². The highest BCUT2D eigenvalue weighted by molar-refractivity contribution is 5.95. The Bertz CT molecular complexity index is 807. The maximum Gasteiger partial charge on any atom is 0.271 e. The first-order valence-electron chi connectivity index (χ1n) is 6.85. The van der Waals surface area contributed by atoms with Crippen LogP contribution in [-0.2, 0) is 0 Å². The van der Waals surface area contributed by atoms with Crippen LogP contribution in [0.3, 0.4) is 0 Å². The minimum Gasteiger partial charge on any atom is -0.480 e. The molecule has 0 heterocycles. The highest BCUT2D eigenvalue weighted by atomic mass is 16.6. The molecule has 0 saturated heterocycles. The number of nitro groups is 1. The molecule has 24 heavy (non-hydrogen) atoms. The number of nitrogens with zero attached hydrogens (tertiary/aromatic N) is 2. The van der Waals surface area contributed by atoms with Gasteiger partial charge < -0.3 is 4.74 Å². The summed E-state index contributed by atoms with van der Waals surface area (Å²) in [7, 11) is 0. The first-order valence-corrected chi connectivity index (χ1v) is 6.85. The van der Waals surface area contributed by atoms with Crippen LogP contribution in [0.25, 0.3) is 0 Å². The molecule has 120 valence electrons. The lowest BCUT2D eigenvalue weighted by molar-refractivity contribution is -0.384. The van der Waals surface area contributed by atoms with E-state index in [-0.39, 0.29) is 17.9 Å². The summed E-state index contributed by atoms with van der Waals surface area (Å²) < 4.78 is 5.36. The predicted octanol–water partition coefficient (Wildman–Crippen LogP) is 2.37. The number of nitrogens with one attached hydrogen (secondary N) is 1. The van der Waals surface area contributed by atoms with Crippen molar-refractivity contribution in [1.82, 2.24) is 5.43 Å². The zero-order valence-corrected chi connectivity index (χ0v) is 12.5. The van der Waals surface area contributed by atoms with E-state index in [2.05, 4.69) is 16.4 Å². The maximum atomic E-state index is 11.9. The summed E-state index contributed by atoms with van der Waals surface area (Å²) in [5, 5.41) is 14.4. The molecular formula is C17H13N3O4. The summed E-state index contributed by atoms with van der Waals surface area (Å²) in [5.41, 5.74) is 3.16. The molecule has 0 saturated carbocycles. The molecular weight excluding hydrogens is 310 g/mol. The molecule has 2 aromatic carbocycles. The fraction of sp³-hybridized carbons (Fsp3) is 0.0588. The van der Waals surface area contributed by atoms with E-state index in [0.717, 1.165) is 0 Å². The molecule has 0 unspecified atom stereocenters. The standard InChI is InChI=1S/C17H13N3O4/c1-2-11-24-16-6-4-3-5-14(16)12-18-19-17(21)13-7-9-15(10-8-13)20(22)23/h1,3-10,12H,11H2,(H,19,21)/b18-12-. The molecule has 0 aliphatic rings. The van der Waals surface area contributed by atoms with E-state index < -0.39 is 10.8 Å². The molecule has 0 radical (unpaired) electrons. The molecule has 7 heteroatoms. The van der Waals surface area contributed by atoms with Crippen LogP contribution in [-0.4, -0.2) is 23.7 Å². The van der Waals surface area contributed by atoms with Crippen molar-refractivity contribution in [3.05, 3.63) is 69.8 Å². The van der Waals surface area contributed by atoms with E-state index in [4.69, 9.17) is 11.2 Å². The Morgan fingerprint density at radius 1 is 1.29 bits per heavy atom. The van der Waals surface area contributed by atoms with Gasteiger partial charge in [0.05, 0.1) is 11.1 Å². The predicted molar refractivity (Wildman–Crippen MR) is 88.9 cm³/mol. The minimum absolute atomic E-state index is 0.0883. The van der Waals surface area contributed by atoms with Gasteiger partial charge in [-0.25, -0.2) is 5.43 Å². The van der Waals surface area contributed by atoms with Crippen LogP contribution in [0.1, 0.15) is 15.9 Å². The fourth-order valence-corrected chi connectivity index (χ4v) is 1.80. The second-order valence-electron chi connectivity index (χ2n) is 4.53. The van der Waals surface area contributed by atoms with Crippen molar-refractivity contribution in [2.45, 2.75) is 0 Å². The van der Waals surface area contributed by atoms with E-state index in [9.17, 15) is 14.9 Å². The Kier molecular flexibility index (Phi) is 5.64. The van der Waals surface area contributed by atoms with Gasteiger partial charge in [-0.05, 0) is 24.3 Å². The van der Waals surface area contributed by atoms with Crippen LogP contribution < -0.4 is 10.2 Å². The Balaban J connectivity index is 2.02. The van der Waals surface area contributed by atoms with Crippen LogP contribution in [0, 0.1) is 22.5 Å². The Morgan fingerprint density at radius 3 is 2.67 bits per heavy atom. The summed E-state index contributed by atoms with van der Waals surface area (Å²) >= 11 is 0. The van der Waals surface area contributed by atoms with E-state index >= 15 is 0 Å². The summed E-state index contributed by atoms with van der Waals surface area (Å²) in [6.45, 7) is 0.125. The van der Waals surface area contributed by atoms with Crippen LogP contribution >= 0.6 is 0 Å². The molecule has 0 aromatic heterocycles. The number of hydrogen-bond donors (Lipinski definition) is 1. The van der Waals surface area contributed by atoms with E-state index in [1.165, 1.54) is 30.5 Å². The molecule has 1 N–H and O–H groups in total. The highest BCUT2D eigenvalue weighted by Crippen LogP contribution is 2.15. The smallest absolute Gasteiger partial charge is 0.271 e. The number of amides is 1. The van der Waals surface area contributed by atoms with Gasteiger partial charge in [0.1, 0.15) is 12.4 Å². The van der Waals surface area contributed by atoms with Gasteiger partial charge in [0.25, 0.3) is 11.6 Å². The number of benzene rings is 2. The van der Waals surface area contributed by atoms with Crippen LogP contribution in [0.5, 0.6) is 5.75 Å². The first-order chi connectivity index (χ1) is 11.6. The Labute approximate surface area is 138 Å². The lowest BCUT2D eigenvalue weighted by atomic mass is 10.2. The second kappa shape index (κ2) is 8.10. The van der Waals surface area contributed by atoms with Gasteiger partial charge in [-0.15, -0.1) is 6.42 Å². The van der Waals surface area contributed by atoms with Gasteiger partial charge in [0, 0.05) is 23.3 Å². The third-order valence-corrected chi connectivity index (χ3v) is 2.94. The second-order valence-corrected chi connectivity index (χ2v) is 4.53. The molecule has 2 aromatic rings. The van der Waals surface area contributed by atoms with Crippen molar-refractivity contribution in [3.8, 4) is 18.1 Å². The number of hydrogen-bond acceptors (Lipinski definition) is 5. The fourth-order valence-electron chi connectivity index (χ4n) is 1.80.